The Balaban J connectivity index is 3.15. The Kier molecular flexibility index (Phi) is 6.28. The number of nitrogens with one attached hydrogen (secondary N) is 1. The average molecular weight is 299 g/mol. The van der Waals surface area contributed by atoms with Crippen LogP contribution in [0, 0.1) is 5.92 Å². The van der Waals surface area contributed by atoms with Gasteiger partial charge in [-0.1, -0.05) is 20.8 Å². The van der Waals surface area contributed by atoms with E-state index in [2.05, 4.69) is 60.7 Å². The summed E-state index contributed by atoms with van der Waals surface area (Å²) in [5, 5.41) is 3.74. The molecular weight excluding hydrogens is 262 g/mol. The Hall–Kier alpha value is -0.120. The summed E-state index contributed by atoms with van der Waals surface area (Å²) < 4.78 is 12.6. The molecule has 0 aromatic heterocycles. The van der Waals surface area contributed by atoms with Crippen molar-refractivity contribution in [2.24, 2.45) is 5.92 Å². The van der Waals surface area contributed by atoms with Crippen LogP contribution in [0.5, 0.6) is 0 Å². The van der Waals surface area contributed by atoms with E-state index >= 15 is 0 Å². The zero-order chi connectivity index (χ0) is 16.3. The molecule has 2 atom stereocenters. The van der Waals surface area contributed by atoms with Crippen LogP contribution in [-0.2, 0) is 9.47 Å². The van der Waals surface area contributed by atoms with E-state index in [9.17, 15) is 0 Å². The molecule has 0 aliphatic carbocycles. The van der Waals surface area contributed by atoms with Gasteiger partial charge in [-0.2, -0.15) is 0 Å². The van der Waals surface area contributed by atoms with Crippen molar-refractivity contribution < 1.29 is 9.47 Å². The highest BCUT2D eigenvalue weighted by Crippen LogP contribution is 2.47. The first-order valence-electron chi connectivity index (χ1n) is 8.75. The molecule has 0 radical (unpaired) electrons. The van der Waals surface area contributed by atoms with E-state index < -0.39 is 0 Å². The van der Waals surface area contributed by atoms with Crippen LogP contribution in [0.2, 0.25) is 0 Å². The van der Waals surface area contributed by atoms with Crippen LogP contribution in [0.1, 0.15) is 74.7 Å². The summed E-state index contributed by atoms with van der Waals surface area (Å²) in [5.41, 5.74) is -0.277. The Morgan fingerprint density at radius 1 is 1.14 bits per heavy atom. The minimum absolute atomic E-state index is 0.0543. The first kappa shape index (κ1) is 18.9. The molecule has 0 amide bonds. The topological polar surface area (TPSA) is 30.5 Å². The molecule has 2 unspecified atom stereocenters. The van der Waals surface area contributed by atoms with Crippen LogP contribution in [0.3, 0.4) is 0 Å². The second kappa shape index (κ2) is 6.97. The van der Waals surface area contributed by atoms with Gasteiger partial charge in [0.1, 0.15) is 0 Å². The Labute approximate surface area is 132 Å². The average Bonchev–Trinajstić information content (AvgIpc) is 2.61. The van der Waals surface area contributed by atoms with Crippen molar-refractivity contribution in [3.63, 3.8) is 0 Å². The Bertz CT molecular complexity index is 321. The van der Waals surface area contributed by atoms with E-state index in [0.29, 0.717) is 12.0 Å². The summed E-state index contributed by atoms with van der Waals surface area (Å²) in [7, 11) is 0. The molecule has 1 aliphatic rings. The summed E-state index contributed by atoms with van der Waals surface area (Å²) >= 11 is 0. The lowest BCUT2D eigenvalue weighted by Crippen LogP contribution is -2.59. The summed E-state index contributed by atoms with van der Waals surface area (Å²) in [4.78, 5) is 0. The molecule has 1 rings (SSSR count). The third kappa shape index (κ3) is 4.00. The minimum atomic E-state index is -0.122. The van der Waals surface area contributed by atoms with Gasteiger partial charge < -0.3 is 14.8 Å². The van der Waals surface area contributed by atoms with Gasteiger partial charge >= 0.3 is 0 Å². The molecule has 21 heavy (non-hydrogen) atoms. The zero-order valence-corrected chi connectivity index (χ0v) is 15.5. The number of rotatable bonds is 8. The van der Waals surface area contributed by atoms with Gasteiger partial charge in [0.2, 0.25) is 0 Å². The SMILES string of the molecule is CCNC(C1CC(C)(C)OC1(C)C)C(CC)(CC)OCC. The molecule has 0 saturated carbocycles. The van der Waals surface area contributed by atoms with Gasteiger partial charge in [0.05, 0.1) is 16.8 Å². The molecule has 0 bridgehead atoms. The van der Waals surface area contributed by atoms with Gasteiger partial charge in [0, 0.05) is 18.6 Å². The highest BCUT2D eigenvalue weighted by atomic mass is 16.5. The largest absolute Gasteiger partial charge is 0.374 e. The van der Waals surface area contributed by atoms with Gasteiger partial charge in [-0.3, -0.25) is 0 Å². The van der Waals surface area contributed by atoms with Crippen molar-refractivity contribution in [1.29, 1.82) is 0 Å². The smallest absolute Gasteiger partial charge is 0.0833 e. The summed E-state index contributed by atoms with van der Waals surface area (Å²) in [6.45, 7) is 19.4. The molecule has 1 saturated heterocycles. The van der Waals surface area contributed by atoms with E-state index in [4.69, 9.17) is 9.47 Å². The number of ether oxygens (including phenoxy) is 2. The van der Waals surface area contributed by atoms with E-state index in [-0.39, 0.29) is 16.8 Å². The standard InChI is InChI=1S/C18H37NO2/c1-9-18(10-2,20-12-4)15(19-11-3)14-13-16(5,6)21-17(14,7)8/h14-15,19H,9-13H2,1-8H3. The van der Waals surface area contributed by atoms with E-state index in [1.54, 1.807) is 0 Å². The van der Waals surface area contributed by atoms with Crippen molar-refractivity contribution in [3.8, 4) is 0 Å². The normalized spacial score (nSPS) is 26.0. The summed E-state index contributed by atoms with van der Waals surface area (Å²) in [6, 6.07) is 0.328. The van der Waals surface area contributed by atoms with E-state index in [1.807, 2.05) is 0 Å². The van der Waals surface area contributed by atoms with Crippen molar-refractivity contribution >= 4 is 0 Å². The van der Waals surface area contributed by atoms with Gasteiger partial charge in [0.15, 0.2) is 0 Å². The molecule has 126 valence electrons. The first-order chi connectivity index (χ1) is 9.68. The van der Waals surface area contributed by atoms with Crippen LogP contribution in [0.25, 0.3) is 0 Å². The quantitative estimate of drug-likeness (QED) is 0.730. The van der Waals surface area contributed by atoms with Crippen LogP contribution in [0.15, 0.2) is 0 Å². The maximum absolute atomic E-state index is 6.34. The van der Waals surface area contributed by atoms with Crippen molar-refractivity contribution in [3.05, 3.63) is 0 Å². The lowest BCUT2D eigenvalue weighted by atomic mass is 9.72. The van der Waals surface area contributed by atoms with Crippen LogP contribution >= 0.6 is 0 Å². The zero-order valence-electron chi connectivity index (χ0n) is 15.5. The third-order valence-corrected chi connectivity index (χ3v) is 5.17. The molecule has 3 nitrogen and oxygen atoms in total. The van der Waals surface area contributed by atoms with Crippen LogP contribution in [-0.4, -0.2) is 36.0 Å². The molecular formula is C18H37NO2. The predicted molar refractivity (Wildman–Crippen MR) is 89.8 cm³/mol. The number of hydrogen-bond acceptors (Lipinski definition) is 3. The van der Waals surface area contributed by atoms with E-state index in [0.717, 1.165) is 32.4 Å². The van der Waals surface area contributed by atoms with Gasteiger partial charge in [-0.15, -0.1) is 0 Å². The molecule has 1 N–H and O–H groups in total. The fourth-order valence-electron chi connectivity index (χ4n) is 4.31. The van der Waals surface area contributed by atoms with Crippen molar-refractivity contribution in [1.82, 2.24) is 5.32 Å². The molecule has 0 aromatic carbocycles. The van der Waals surface area contributed by atoms with E-state index in [1.165, 1.54) is 0 Å². The van der Waals surface area contributed by atoms with Crippen molar-refractivity contribution in [2.75, 3.05) is 13.2 Å². The highest BCUT2D eigenvalue weighted by molar-refractivity contribution is 5.06. The fourth-order valence-corrected chi connectivity index (χ4v) is 4.31. The minimum Gasteiger partial charge on any atom is -0.374 e. The lowest BCUT2D eigenvalue weighted by Gasteiger charge is -2.46. The lowest BCUT2D eigenvalue weighted by molar-refractivity contribution is -0.115. The summed E-state index contributed by atoms with van der Waals surface area (Å²) in [6.07, 6.45) is 3.14. The number of likely N-dealkylation sites (N-methyl/N-ethyl adjacent to an activating group) is 1. The maximum Gasteiger partial charge on any atom is 0.0833 e. The monoisotopic (exact) mass is 299 g/mol. The van der Waals surface area contributed by atoms with Gasteiger partial charge in [0.25, 0.3) is 0 Å². The molecule has 1 heterocycles. The summed E-state index contributed by atoms with van der Waals surface area (Å²) in [5.74, 6) is 0.457. The van der Waals surface area contributed by atoms with Crippen LogP contribution in [0.4, 0.5) is 0 Å². The first-order valence-corrected chi connectivity index (χ1v) is 8.75. The van der Waals surface area contributed by atoms with Crippen LogP contribution < -0.4 is 5.32 Å². The molecule has 0 aromatic rings. The predicted octanol–water partition coefficient (Wildman–Crippen LogP) is 4.15. The fraction of sp³-hybridized carbons (Fsp3) is 1.00. The molecule has 3 heteroatoms. The third-order valence-electron chi connectivity index (χ3n) is 5.17. The Morgan fingerprint density at radius 3 is 2.05 bits per heavy atom. The molecule has 1 fully saturated rings. The second-order valence-electron chi connectivity index (χ2n) is 7.52. The number of hydrogen-bond donors (Lipinski definition) is 1. The maximum atomic E-state index is 6.34. The molecule has 0 spiro atoms. The van der Waals surface area contributed by atoms with Gasteiger partial charge in [-0.05, 0) is 60.4 Å². The molecule has 1 aliphatic heterocycles. The second-order valence-corrected chi connectivity index (χ2v) is 7.52. The Morgan fingerprint density at radius 2 is 1.71 bits per heavy atom. The van der Waals surface area contributed by atoms with Crippen molar-refractivity contribution in [2.45, 2.75) is 97.5 Å². The highest BCUT2D eigenvalue weighted by Gasteiger charge is 2.54. The van der Waals surface area contributed by atoms with Gasteiger partial charge in [-0.25, -0.2) is 0 Å².